The van der Waals surface area contributed by atoms with Crippen molar-refractivity contribution in [1.82, 2.24) is 30.2 Å². The minimum Gasteiger partial charge on any atom is -0.508 e. The second kappa shape index (κ2) is 16.3. The highest BCUT2D eigenvalue weighted by Crippen LogP contribution is 2.46. The van der Waals surface area contributed by atoms with Gasteiger partial charge in [-0.25, -0.2) is 18.2 Å². The van der Waals surface area contributed by atoms with Crippen molar-refractivity contribution in [2.45, 2.75) is 114 Å². The molecule has 4 fully saturated rings. The third-order valence-electron chi connectivity index (χ3n) is 14.3. The van der Waals surface area contributed by atoms with Gasteiger partial charge in [0.25, 0.3) is 0 Å². The number of phenolic OH excluding ortho intramolecular Hbond substituents is 1. The number of aromatic nitrogens is 4. The number of aromatic hydroxyl groups is 1. The summed E-state index contributed by atoms with van der Waals surface area (Å²) in [7, 11) is -0.808. The number of benzene rings is 2. The van der Waals surface area contributed by atoms with E-state index in [1.54, 1.807) is 31.6 Å². The summed E-state index contributed by atoms with van der Waals surface area (Å²) in [4.78, 5) is 23.8. The Hall–Kier alpha value is -4.97. The number of hydrogen-bond donors (Lipinski definition) is 2. The zero-order valence-corrected chi connectivity index (χ0v) is 37.7. The van der Waals surface area contributed by atoms with Gasteiger partial charge in [0.1, 0.15) is 55.2 Å². The number of pyridine rings is 2. The number of rotatable bonds is 10. The van der Waals surface area contributed by atoms with E-state index < -0.39 is 31.4 Å². The quantitative estimate of drug-likeness (QED) is 0.104. The Morgan fingerprint density at radius 3 is 2.39 bits per heavy atom. The molecule has 14 heteroatoms. The Labute approximate surface area is 362 Å². The molecule has 7 heterocycles. The van der Waals surface area contributed by atoms with E-state index in [2.05, 4.69) is 73.1 Å². The third kappa shape index (κ3) is 7.23. The van der Waals surface area contributed by atoms with Gasteiger partial charge in [0.15, 0.2) is 5.82 Å². The number of anilines is 1. The van der Waals surface area contributed by atoms with Crippen LogP contribution in [0.1, 0.15) is 79.2 Å². The molecule has 4 aliphatic rings. The molecule has 2 N–H and O–H groups in total. The maximum atomic E-state index is 18.1. The zero-order chi connectivity index (χ0) is 43.7. The fourth-order valence-electron chi connectivity index (χ4n) is 11.4. The number of nitrogens with one attached hydrogen (secondary N) is 1. The minimum absolute atomic E-state index is 0.0246. The topological polar surface area (TPSA) is 109 Å². The highest BCUT2D eigenvalue weighted by Gasteiger charge is 2.49. The Morgan fingerprint density at radius 2 is 1.68 bits per heavy atom. The summed E-state index contributed by atoms with van der Waals surface area (Å²) in [5.74, 6) is 2.76. The number of fused-ring (bicyclic) bond motifs is 5. The fraction of sp³-hybridized carbons (Fsp3) is 0.500. The van der Waals surface area contributed by atoms with Gasteiger partial charge in [0.05, 0.1) is 35.5 Å². The number of piperazine rings is 1. The molecule has 3 aromatic heterocycles. The van der Waals surface area contributed by atoms with Gasteiger partial charge in [0.2, 0.25) is 0 Å². The molecule has 0 amide bonds. The van der Waals surface area contributed by atoms with Crippen molar-refractivity contribution in [3.63, 3.8) is 0 Å². The number of alkyl halides is 1. The summed E-state index contributed by atoms with van der Waals surface area (Å²) in [5.41, 5.74) is 4.95. The van der Waals surface area contributed by atoms with E-state index >= 15 is 8.78 Å². The molecule has 2 bridgehead atoms. The number of phenols is 1. The molecule has 0 spiro atoms. The van der Waals surface area contributed by atoms with E-state index in [1.807, 2.05) is 0 Å². The van der Waals surface area contributed by atoms with Gasteiger partial charge in [-0.1, -0.05) is 53.5 Å². The number of ether oxygens (including phenoxy) is 2. The van der Waals surface area contributed by atoms with Gasteiger partial charge in [-0.15, -0.1) is 5.54 Å². The molecule has 326 valence electrons. The van der Waals surface area contributed by atoms with Gasteiger partial charge >= 0.3 is 6.01 Å². The van der Waals surface area contributed by atoms with Crippen molar-refractivity contribution < 1.29 is 27.8 Å². The van der Waals surface area contributed by atoms with Crippen molar-refractivity contribution in [3.05, 3.63) is 59.9 Å². The lowest BCUT2D eigenvalue weighted by Crippen LogP contribution is -2.51. The zero-order valence-electron chi connectivity index (χ0n) is 36.7. The Morgan fingerprint density at radius 1 is 0.935 bits per heavy atom. The second-order valence-electron chi connectivity index (χ2n) is 18.9. The van der Waals surface area contributed by atoms with Crippen molar-refractivity contribution in [2.75, 3.05) is 44.8 Å². The van der Waals surface area contributed by atoms with Crippen molar-refractivity contribution in [1.29, 1.82) is 0 Å². The van der Waals surface area contributed by atoms with E-state index in [1.165, 1.54) is 18.2 Å². The molecular weight excluding hydrogens is 808 g/mol. The fourth-order valence-corrected chi connectivity index (χ4v) is 16.6. The summed E-state index contributed by atoms with van der Waals surface area (Å²) >= 11 is 0. The van der Waals surface area contributed by atoms with Crippen LogP contribution >= 0.6 is 0 Å². The Balaban J connectivity index is 1.32. The summed E-state index contributed by atoms with van der Waals surface area (Å²) in [6.07, 6.45) is 6.33. The lowest BCUT2D eigenvalue weighted by atomic mass is 9.95. The van der Waals surface area contributed by atoms with E-state index in [-0.39, 0.29) is 69.4 Å². The Bertz CT molecular complexity index is 2580. The lowest BCUT2D eigenvalue weighted by Gasteiger charge is -2.38. The first-order chi connectivity index (χ1) is 29.7. The van der Waals surface area contributed by atoms with Gasteiger partial charge in [-0.05, 0) is 78.5 Å². The molecule has 0 unspecified atom stereocenters. The second-order valence-corrected chi connectivity index (χ2v) is 24.4. The van der Waals surface area contributed by atoms with E-state index in [0.717, 1.165) is 32.2 Å². The first kappa shape index (κ1) is 42.3. The molecule has 2 aromatic carbocycles. The molecule has 0 saturated carbocycles. The summed E-state index contributed by atoms with van der Waals surface area (Å²) in [6, 6.07) is 8.06. The van der Waals surface area contributed by atoms with Crippen molar-refractivity contribution in [3.8, 4) is 51.5 Å². The lowest BCUT2D eigenvalue weighted by molar-refractivity contribution is 0.107. The Kier molecular flexibility index (Phi) is 11.1. The summed E-state index contributed by atoms with van der Waals surface area (Å²) < 4.78 is 61.5. The number of methoxy groups -OCH3 is 1. The first-order valence-electron chi connectivity index (χ1n) is 22.1. The largest absolute Gasteiger partial charge is 0.508 e. The smallest absolute Gasteiger partial charge is 0.319 e. The summed E-state index contributed by atoms with van der Waals surface area (Å²) in [6.45, 7) is 15.7. The van der Waals surface area contributed by atoms with E-state index in [9.17, 15) is 9.50 Å². The predicted molar refractivity (Wildman–Crippen MR) is 240 cm³/mol. The van der Waals surface area contributed by atoms with E-state index in [0.29, 0.717) is 65.0 Å². The SMILES string of the molecule is COc1cncc(-c2nc(-c3cc(O)cc4ccc(F)c(C#C[Si](C(C)C)(C(C)C)C(C)C)c34)c(F)c3nc(OC[C@@]45CCCN4C[C@H](F)C5)nc(N4C[C@H]5CC[C@@H](C4)N5)c23)c1. The van der Waals surface area contributed by atoms with Crippen molar-refractivity contribution >= 4 is 35.6 Å². The van der Waals surface area contributed by atoms with Gasteiger partial charge < -0.3 is 24.8 Å². The predicted octanol–water partition coefficient (Wildman–Crippen LogP) is 9.36. The van der Waals surface area contributed by atoms with Crippen LogP contribution in [-0.2, 0) is 0 Å². The average molecular weight is 864 g/mol. The molecule has 10 nitrogen and oxygen atoms in total. The van der Waals surface area contributed by atoms with Crippen LogP contribution in [0.15, 0.2) is 42.7 Å². The molecule has 5 aromatic rings. The van der Waals surface area contributed by atoms with Crippen LogP contribution < -0.4 is 19.7 Å². The molecule has 4 saturated heterocycles. The average Bonchev–Trinajstić information content (AvgIpc) is 3.90. The minimum atomic E-state index is -2.35. The molecule has 4 atom stereocenters. The van der Waals surface area contributed by atoms with Crippen LogP contribution in [0.3, 0.4) is 0 Å². The van der Waals surface area contributed by atoms with E-state index in [4.69, 9.17) is 24.4 Å². The van der Waals surface area contributed by atoms with Gasteiger partial charge in [-0.2, -0.15) is 9.97 Å². The van der Waals surface area contributed by atoms with Crippen LogP contribution in [0.4, 0.5) is 19.0 Å². The van der Waals surface area contributed by atoms with Crippen LogP contribution in [0.2, 0.25) is 16.6 Å². The number of nitrogens with zero attached hydrogens (tertiary/aromatic N) is 6. The molecule has 4 aliphatic heterocycles. The van der Waals surface area contributed by atoms with Crippen LogP contribution in [0.5, 0.6) is 17.5 Å². The van der Waals surface area contributed by atoms with Gasteiger partial charge in [0, 0.05) is 60.8 Å². The highest BCUT2D eigenvalue weighted by molar-refractivity contribution is 6.90. The molecule has 0 aliphatic carbocycles. The normalized spacial score (nSPS) is 22.6. The van der Waals surface area contributed by atoms with Crippen LogP contribution in [-0.4, -0.2) is 102 Å². The standard InChI is InChI=1S/C48H56F3N7O3Si/c1-27(2)62(28(3)4,29(5)6)16-13-37-39(50)12-9-30-17-35(59)19-38(40(30)37)44-42(51)45-41(43(54-44)31-18-36(60-7)22-52-21-31)46(57-24-33-10-11-34(25-57)53-33)56-47(55-45)61-26-48-14-8-15-58(48)23-32(49)20-48/h9,12,17-19,21-22,27-29,32-34,53,59H,8,10-11,14-15,20,23-26H2,1-7H3/t32-,33-,34+,48+/m1/s1. The molecule has 9 rings (SSSR count). The van der Waals surface area contributed by atoms with Crippen LogP contribution in [0, 0.1) is 23.1 Å². The van der Waals surface area contributed by atoms with Crippen LogP contribution in [0.25, 0.3) is 44.2 Å². The summed E-state index contributed by atoms with van der Waals surface area (Å²) in [5, 5.41) is 16.1. The number of hydrogen-bond acceptors (Lipinski definition) is 10. The molecular formula is C48H56F3N7O3Si. The maximum absolute atomic E-state index is 18.1. The van der Waals surface area contributed by atoms with Crippen molar-refractivity contribution in [2.24, 2.45) is 0 Å². The molecule has 62 heavy (non-hydrogen) atoms. The highest BCUT2D eigenvalue weighted by atomic mass is 28.3. The molecule has 0 radical (unpaired) electrons. The first-order valence-corrected chi connectivity index (χ1v) is 24.4. The monoisotopic (exact) mass is 863 g/mol. The maximum Gasteiger partial charge on any atom is 0.319 e. The number of halogens is 3. The van der Waals surface area contributed by atoms with Gasteiger partial charge in [-0.3, -0.25) is 9.88 Å². The third-order valence-corrected chi connectivity index (χ3v) is 20.6.